The number of benzene rings is 2. The maximum absolute atomic E-state index is 11.5. The number of azo groups is 1. The van der Waals surface area contributed by atoms with E-state index in [4.69, 9.17) is 4.74 Å². The second-order valence-electron chi connectivity index (χ2n) is 12.0. The fraction of sp³-hybridized carbons (Fsp3) is 0.606. The largest absolute Gasteiger partial charge is 0.444 e. The van der Waals surface area contributed by atoms with Crippen molar-refractivity contribution in [2.75, 3.05) is 6.54 Å². The average molecular weight is 567 g/mol. The number of ether oxygens (including phenoxy) is 1. The van der Waals surface area contributed by atoms with E-state index in [2.05, 4.69) is 17.2 Å². The van der Waals surface area contributed by atoms with Gasteiger partial charge in [-0.1, -0.05) is 88.5 Å². The predicted molar refractivity (Wildman–Crippen MR) is 166 cm³/mol. The Balaban J connectivity index is 0.000000446. The summed E-state index contributed by atoms with van der Waals surface area (Å²) < 4.78 is 5.12. The lowest BCUT2D eigenvalue weighted by atomic mass is 10.0. The van der Waals surface area contributed by atoms with Gasteiger partial charge in [0.2, 0.25) is 0 Å². The van der Waals surface area contributed by atoms with Gasteiger partial charge >= 0.3 is 6.09 Å². The fourth-order valence-corrected chi connectivity index (χ4v) is 4.31. The Morgan fingerprint density at radius 2 is 1.51 bits per heavy atom. The van der Waals surface area contributed by atoms with E-state index in [1.807, 2.05) is 65.0 Å². The summed E-state index contributed by atoms with van der Waals surface area (Å²) in [7, 11) is 0. The summed E-state index contributed by atoms with van der Waals surface area (Å²) in [5.74, 6) is 0. The number of nitro groups is 1. The highest BCUT2D eigenvalue weighted by molar-refractivity contribution is 5.71. The molecule has 1 fully saturated rings. The summed E-state index contributed by atoms with van der Waals surface area (Å²) in [6.45, 7) is 12.7. The van der Waals surface area contributed by atoms with Crippen LogP contribution in [0.5, 0.6) is 0 Å². The van der Waals surface area contributed by atoms with E-state index >= 15 is 0 Å². The first-order valence-electron chi connectivity index (χ1n) is 15.3. The molecule has 226 valence electrons. The molecular weight excluding hydrogens is 516 g/mol. The Morgan fingerprint density at radius 1 is 0.951 bits per heavy atom. The molecule has 1 saturated heterocycles. The van der Waals surface area contributed by atoms with Crippen LogP contribution >= 0.6 is 0 Å². The predicted octanol–water partition coefficient (Wildman–Crippen LogP) is 10.4. The molecule has 0 aromatic heterocycles. The van der Waals surface area contributed by atoms with Crippen molar-refractivity contribution in [1.29, 1.82) is 0 Å². The molecule has 0 radical (unpaired) electrons. The summed E-state index contributed by atoms with van der Waals surface area (Å²) in [6.07, 6.45) is 13.5. The van der Waals surface area contributed by atoms with Crippen LogP contribution in [0, 0.1) is 17.0 Å². The van der Waals surface area contributed by atoms with Gasteiger partial charge in [0.25, 0.3) is 5.69 Å². The SMILES string of the molecule is CC1CN1C(=O)OC(C)(C)C.CCCCCCCCCCCCc1ccc(N=Nc2ccc(C)cc2)c([N+](=O)[O-])c1. The second-order valence-corrected chi connectivity index (χ2v) is 12.0. The third kappa shape index (κ3) is 14.3. The molecule has 1 aliphatic rings. The molecule has 0 bridgehead atoms. The molecule has 2 aromatic rings. The Morgan fingerprint density at radius 3 is 2.02 bits per heavy atom. The molecular formula is C33H50N4O4. The first kappa shape index (κ1) is 33.9. The van der Waals surface area contributed by atoms with Crippen molar-refractivity contribution in [3.05, 3.63) is 63.7 Å². The van der Waals surface area contributed by atoms with Gasteiger partial charge in [0.1, 0.15) is 5.60 Å². The highest BCUT2D eigenvalue weighted by atomic mass is 16.6. The van der Waals surface area contributed by atoms with Crippen molar-refractivity contribution < 1.29 is 14.5 Å². The maximum atomic E-state index is 11.5. The minimum Gasteiger partial charge on any atom is -0.444 e. The number of amides is 1. The average Bonchev–Trinajstić information content (AvgIpc) is 3.66. The van der Waals surface area contributed by atoms with Gasteiger partial charge in [-0.25, -0.2) is 4.79 Å². The van der Waals surface area contributed by atoms with Crippen LogP contribution in [0.2, 0.25) is 0 Å². The summed E-state index contributed by atoms with van der Waals surface area (Å²) in [4.78, 5) is 23.9. The zero-order valence-electron chi connectivity index (χ0n) is 26.0. The summed E-state index contributed by atoms with van der Waals surface area (Å²) in [6, 6.07) is 13.3. The number of rotatable bonds is 14. The number of nitro benzene ring substituents is 1. The lowest BCUT2D eigenvalue weighted by molar-refractivity contribution is -0.384. The fourth-order valence-electron chi connectivity index (χ4n) is 4.31. The van der Waals surface area contributed by atoms with E-state index < -0.39 is 0 Å². The number of hydrogen-bond donors (Lipinski definition) is 0. The Labute approximate surface area is 246 Å². The second kappa shape index (κ2) is 17.5. The number of carbonyl (C=O) groups is 1. The highest BCUT2D eigenvalue weighted by Gasteiger charge is 2.37. The van der Waals surface area contributed by atoms with E-state index in [1.165, 1.54) is 57.8 Å². The first-order valence-corrected chi connectivity index (χ1v) is 15.3. The van der Waals surface area contributed by atoms with Crippen LogP contribution in [0.25, 0.3) is 0 Å². The summed E-state index contributed by atoms with van der Waals surface area (Å²) in [5.41, 5.74) is 2.78. The van der Waals surface area contributed by atoms with Crippen molar-refractivity contribution in [2.45, 2.75) is 124 Å². The molecule has 0 aliphatic carbocycles. The topological polar surface area (TPSA) is 97.2 Å². The first-order chi connectivity index (χ1) is 19.5. The molecule has 41 heavy (non-hydrogen) atoms. The molecule has 8 heteroatoms. The van der Waals surface area contributed by atoms with Crippen molar-refractivity contribution in [2.24, 2.45) is 10.2 Å². The molecule has 8 nitrogen and oxygen atoms in total. The van der Waals surface area contributed by atoms with Gasteiger partial charge in [0.15, 0.2) is 5.69 Å². The van der Waals surface area contributed by atoms with Gasteiger partial charge in [0.05, 0.1) is 16.7 Å². The van der Waals surface area contributed by atoms with Crippen molar-refractivity contribution in [3.63, 3.8) is 0 Å². The molecule has 0 N–H and O–H groups in total. The number of carbonyl (C=O) groups excluding carboxylic acids is 1. The third-order valence-corrected chi connectivity index (χ3v) is 6.85. The molecule has 0 saturated carbocycles. The Kier molecular flexibility index (Phi) is 14.5. The van der Waals surface area contributed by atoms with Gasteiger partial charge in [-0.3, -0.25) is 10.1 Å². The molecule has 1 heterocycles. The van der Waals surface area contributed by atoms with E-state index in [9.17, 15) is 14.9 Å². The van der Waals surface area contributed by atoms with E-state index in [0.717, 1.165) is 30.5 Å². The lowest BCUT2D eigenvalue weighted by Crippen LogP contribution is -2.27. The van der Waals surface area contributed by atoms with Crippen LogP contribution in [0.15, 0.2) is 52.7 Å². The number of hydrogen-bond acceptors (Lipinski definition) is 6. The van der Waals surface area contributed by atoms with Crippen LogP contribution in [0.1, 0.15) is 110 Å². The van der Waals surface area contributed by atoms with E-state index in [1.54, 1.807) is 17.0 Å². The van der Waals surface area contributed by atoms with Crippen molar-refractivity contribution in [3.8, 4) is 0 Å². The zero-order valence-corrected chi connectivity index (χ0v) is 26.0. The minimum absolute atomic E-state index is 0.0236. The van der Waals surface area contributed by atoms with Crippen molar-refractivity contribution in [1.82, 2.24) is 4.90 Å². The minimum atomic E-state index is -0.370. The van der Waals surface area contributed by atoms with Gasteiger partial charge in [0, 0.05) is 12.6 Å². The molecule has 1 aliphatic heterocycles. The Bertz CT molecular complexity index is 1110. The molecule has 3 rings (SSSR count). The van der Waals surface area contributed by atoms with Gasteiger partial charge in [-0.05, 0) is 71.2 Å². The molecule has 0 spiro atoms. The summed E-state index contributed by atoms with van der Waals surface area (Å²) >= 11 is 0. The molecule has 1 amide bonds. The zero-order chi connectivity index (χ0) is 30.3. The molecule has 1 unspecified atom stereocenters. The number of aryl methyl sites for hydroxylation is 2. The van der Waals surface area contributed by atoms with Crippen LogP contribution in [0.3, 0.4) is 0 Å². The van der Waals surface area contributed by atoms with Crippen LogP contribution in [-0.4, -0.2) is 34.1 Å². The highest BCUT2D eigenvalue weighted by Crippen LogP contribution is 2.30. The maximum Gasteiger partial charge on any atom is 0.410 e. The van der Waals surface area contributed by atoms with Crippen molar-refractivity contribution >= 4 is 23.2 Å². The van der Waals surface area contributed by atoms with Crippen LogP contribution in [0.4, 0.5) is 21.9 Å². The van der Waals surface area contributed by atoms with Crippen LogP contribution in [-0.2, 0) is 11.2 Å². The monoisotopic (exact) mass is 566 g/mol. The van der Waals surface area contributed by atoms with Gasteiger partial charge in [-0.15, -0.1) is 5.11 Å². The standard InChI is InChI=1S/C25H35N3O2.C8H15NO2/c1-3-4-5-6-7-8-9-10-11-12-13-22-16-19-24(25(20-22)28(29)30)27-26-23-17-14-21(2)15-18-23;1-6-5-9(6)7(10)11-8(2,3)4/h14-20H,3-13H2,1-2H3;6H,5H2,1-4H3. The lowest BCUT2D eigenvalue weighted by Gasteiger charge is -2.19. The normalized spacial score (nSPS) is 14.5. The third-order valence-electron chi connectivity index (χ3n) is 6.85. The number of nitrogens with zero attached hydrogens (tertiary/aromatic N) is 4. The van der Waals surface area contributed by atoms with E-state index in [-0.39, 0.29) is 22.3 Å². The van der Waals surface area contributed by atoms with Gasteiger partial charge < -0.3 is 9.64 Å². The van der Waals surface area contributed by atoms with Gasteiger partial charge in [-0.2, -0.15) is 5.11 Å². The smallest absolute Gasteiger partial charge is 0.410 e. The van der Waals surface area contributed by atoms with Crippen LogP contribution < -0.4 is 0 Å². The van der Waals surface area contributed by atoms with E-state index in [0.29, 0.717) is 17.4 Å². The quantitative estimate of drug-likeness (QED) is 0.0746. The molecule has 2 aromatic carbocycles. The summed E-state index contributed by atoms with van der Waals surface area (Å²) in [5, 5.41) is 19.7. The number of unbranched alkanes of at least 4 members (excludes halogenated alkanes) is 9. The Hall–Kier alpha value is -3.29. The molecule has 1 atom stereocenters.